The average Bonchev–Trinajstić information content (AvgIpc) is 2.46. The monoisotopic (exact) mass is 265 g/mol. The largest absolute Gasteiger partial charge is 0.383 e. The summed E-state index contributed by atoms with van der Waals surface area (Å²) in [6.45, 7) is 2.88. The molecule has 1 aromatic rings. The fraction of sp³-hybridized carbons (Fsp3) is 0.500. The van der Waals surface area contributed by atoms with Crippen LogP contribution in [0.1, 0.15) is 12.0 Å². The molecule has 5 heteroatoms. The van der Waals surface area contributed by atoms with Gasteiger partial charge in [-0.1, -0.05) is 30.3 Å². The van der Waals surface area contributed by atoms with Crippen molar-refractivity contribution in [3.63, 3.8) is 0 Å². The number of urea groups is 1. The van der Waals surface area contributed by atoms with Crippen molar-refractivity contribution in [2.24, 2.45) is 5.73 Å². The fourth-order valence-electron chi connectivity index (χ4n) is 1.68. The molecule has 0 fully saturated rings. The second-order valence-corrected chi connectivity index (χ2v) is 4.27. The van der Waals surface area contributed by atoms with Crippen LogP contribution in [0.4, 0.5) is 4.79 Å². The summed E-state index contributed by atoms with van der Waals surface area (Å²) in [7, 11) is 1.63. The highest BCUT2D eigenvalue weighted by molar-refractivity contribution is 5.74. The molecule has 0 aliphatic heterocycles. The van der Waals surface area contributed by atoms with Crippen molar-refractivity contribution in [1.82, 2.24) is 10.2 Å². The van der Waals surface area contributed by atoms with Gasteiger partial charge in [-0.15, -0.1) is 0 Å². The number of hydrogen-bond donors (Lipinski definition) is 2. The molecule has 0 aliphatic rings. The standard InChI is InChI=1S/C14H23N3O2/c1-19-11-10-17(9-5-8-15)14(18)16-12-13-6-3-2-4-7-13/h2-4,6-7H,5,8-12,15H2,1H3,(H,16,18). The third kappa shape index (κ3) is 6.22. The highest BCUT2D eigenvalue weighted by atomic mass is 16.5. The molecule has 0 unspecified atom stereocenters. The minimum Gasteiger partial charge on any atom is -0.383 e. The minimum atomic E-state index is -0.0747. The molecule has 1 aromatic carbocycles. The van der Waals surface area contributed by atoms with Gasteiger partial charge in [0.25, 0.3) is 0 Å². The van der Waals surface area contributed by atoms with Gasteiger partial charge in [0.1, 0.15) is 0 Å². The normalized spacial score (nSPS) is 10.2. The lowest BCUT2D eigenvalue weighted by Crippen LogP contribution is -2.42. The van der Waals surface area contributed by atoms with E-state index in [1.807, 2.05) is 30.3 Å². The lowest BCUT2D eigenvalue weighted by molar-refractivity contribution is 0.148. The maximum atomic E-state index is 12.0. The Kier molecular flexibility index (Phi) is 7.62. The van der Waals surface area contributed by atoms with E-state index in [0.29, 0.717) is 32.8 Å². The zero-order chi connectivity index (χ0) is 13.9. The second-order valence-electron chi connectivity index (χ2n) is 4.27. The molecular weight excluding hydrogens is 242 g/mol. The molecule has 0 heterocycles. The van der Waals surface area contributed by atoms with Gasteiger partial charge in [0.05, 0.1) is 6.61 Å². The van der Waals surface area contributed by atoms with Crippen LogP contribution in [0.2, 0.25) is 0 Å². The van der Waals surface area contributed by atoms with Crippen LogP contribution in [-0.2, 0) is 11.3 Å². The highest BCUT2D eigenvalue weighted by Gasteiger charge is 2.11. The van der Waals surface area contributed by atoms with Crippen molar-refractivity contribution in [2.75, 3.05) is 33.4 Å². The van der Waals surface area contributed by atoms with E-state index in [9.17, 15) is 4.79 Å². The van der Waals surface area contributed by atoms with Gasteiger partial charge in [0, 0.05) is 26.7 Å². The summed E-state index contributed by atoms with van der Waals surface area (Å²) >= 11 is 0. The number of hydrogen-bond acceptors (Lipinski definition) is 3. The summed E-state index contributed by atoms with van der Waals surface area (Å²) in [5.41, 5.74) is 6.57. The first-order valence-electron chi connectivity index (χ1n) is 6.53. The van der Waals surface area contributed by atoms with Crippen LogP contribution in [0.25, 0.3) is 0 Å². The number of nitrogens with zero attached hydrogens (tertiary/aromatic N) is 1. The van der Waals surface area contributed by atoms with Crippen LogP contribution in [0, 0.1) is 0 Å². The van der Waals surface area contributed by atoms with Crippen LogP contribution in [-0.4, -0.2) is 44.3 Å². The number of nitrogens with one attached hydrogen (secondary N) is 1. The first kappa shape index (κ1) is 15.5. The van der Waals surface area contributed by atoms with E-state index in [1.165, 1.54) is 0 Å². The number of benzene rings is 1. The van der Waals surface area contributed by atoms with E-state index in [1.54, 1.807) is 12.0 Å². The molecule has 0 aliphatic carbocycles. The van der Waals surface area contributed by atoms with E-state index in [2.05, 4.69) is 5.32 Å². The van der Waals surface area contributed by atoms with Crippen molar-refractivity contribution in [1.29, 1.82) is 0 Å². The van der Waals surface area contributed by atoms with Gasteiger partial charge in [0.2, 0.25) is 0 Å². The van der Waals surface area contributed by atoms with Crippen molar-refractivity contribution >= 4 is 6.03 Å². The Labute approximate surface area is 114 Å². The Morgan fingerprint density at radius 1 is 1.32 bits per heavy atom. The lowest BCUT2D eigenvalue weighted by atomic mass is 10.2. The van der Waals surface area contributed by atoms with Crippen LogP contribution < -0.4 is 11.1 Å². The summed E-state index contributed by atoms with van der Waals surface area (Å²) in [4.78, 5) is 13.8. The molecule has 0 bridgehead atoms. The second kappa shape index (κ2) is 9.35. The van der Waals surface area contributed by atoms with E-state index in [-0.39, 0.29) is 6.03 Å². The summed E-state index contributed by atoms with van der Waals surface area (Å²) in [5.74, 6) is 0. The van der Waals surface area contributed by atoms with Crippen LogP contribution >= 0.6 is 0 Å². The predicted molar refractivity (Wildman–Crippen MR) is 75.8 cm³/mol. The Balaban J connectivity index is 2.41. The number of carbonyl (C=O) groups excluding carboxylic acids is 1. The van der Waals surface area contributed by atoms with E-state index >= 15 is 0 Å². The molecular formula is C14H23N3O2. The summed E-state index contributed by atoms with van der Waals surface area (Å²) < 4.78 is 5.01. The molecule has 0 spiro atoms. The van der Waals surface area contributed by atoms with Gasteiger partial charge < -0.3 is 20.7 Å². The van der Waals surface area contributed by atoms with Gasteiger partial charge in [-0.05, 0) is 18.5 Å². The summed E-state index contributed by atoms with van der Waals surface area (Å²) in [6, 6.07) is 9.77. The van der Waals surface area contributed by atoms with E-state index in [0.717, 1.165) is 12.0 Å². The molecule has 0 atom stereocenters. The average molecular weight is 265 g/mol. The number of carbonyl (C=O) groups is 1. The molecule has 0 aromatic heterocycles. The smallest absolute Gasteiger partial charge is 0.317 e. The number of methoxy groups -OCH3 is 1. The third-order valence-corrected chi connectivity index (χ3v) is 2.77. The van der Waals surface area contributed by atoms with Crippen LogP contribution in [0.3, 0.4) is 0 Å². The molecule has 5 nitrogen and oxygen atoms in total. The zero-order valence-electron chi connectivity index (χ0n) is 11.5. The number of ether oxygens (including phenoxy) is 1. The lowest BCUT2D eigenvalue weighted by Gasteiger charge is -2.22. The fourth-order valence-corrected chi connectivity index (χ4v) is 1.68. The topological polar surface area (TPSA) is 67.6 Å². The maximum absolute atomic E-state index is 12.0. The van der Waals surface area contributed by atoms with E-state index in [4.69, 9.17) is 10.5 Å². The first-order valence-corrected chi connectivity index (χ1v) is 6.53. The Bertz CT molecular complexity index is 349. The SMILES string of the molecule is COCCN(CCCN)C(=O)NCc1ccccc1. The van der Waals surface area contributed by atoms with Crippen molar-refractivity contribution in [3.8, 4) is 0 Å². The molecule has 0 radical (unpaired) electrons. The van der Waals surface area contributed by atoms with Gasteiger partial charge in [0.15, 0.2) is 0 Å². The molecule has 2 amide bonds. The number of amides is 2. The highest BCUT2D eigenvalue weighted by Crippen LogP contribution is 1.99. The van der Waals surface area contributed by atoms with Crippen LogP contribution in [0.5, 0.6) is 0 Å². The van der Waals surface area contributed by atoms with Gasteiger partial charge >= 0.3 is 6.03 Å². The van der Waals surface area contributed by atoms with Crippen molar-refractivity contribution in [3.05, 3.63) is 35.9 Å². The Morgan fingerprint density at radius 2 is 2.05 bits per heavy atom. The Hall–Kier alpha value is -1.59. The van der Waals surface area contributed by atoms with Crippen LogP contribution in [0.15, 0.2) is 30.3 Å². The molecule has 19 heavy (non-hydrogen) atoms. The maximum Gasteiger partial charge on any atom is 0.317 e. The summed E-state index contributed by atoms with van der Waals surface area (Å²) in [6.07, 6.45) is 0.794. The van der Waals surface area contributed by atoms with Crippen molar-refractivity contribution < 1.29 is 9.53 Å². The van der Waals surface area contributed by atoms with Crippen molar-refractivity contribution in [2.45, 2.75) is 13.0 Å². The molecule has 3 N–H and O–H groups in total. The zero-order valence-corrected chi connectivity index (χ0v) is 11.5. The Morgan fingerprint density at radius 3 is 2.68 bits per heavy atom. The van der Waals surface area contributed by atoms with Gasteiger partial charge in [-0.3, -0.25) is 0 Å². The molecule has 0 saturated heterocycles. The molecule has 106 valence electrons. The quantitative estimate of drug-likeness (QED) is 0.742. The van der Waals surface area contributed by atoms with Gasteiger partial charge in [-0.2, -0.15) is 0 Å². The number of nitrogens with two attached hydrogens (primary N) is 1. The first-order chi connectivity index (χ1) is 9.27. The summed E-state index contributed by atoms with van der Waals surface area (Å²) in [5, 5.41) is 2.91. The predicted octanol–water partition coefficient (Wildman–Crippen LogP) is 1.19. The van der Waals surface area contributed by atoms with Gasteiger partial charge in [-0.25, -0.2) is 4.79 Å². The molecule has 0 saturated carbocycles. The number of rotatable bonds is 8. The minimum absolute atomic E-state index is 0.0747. The van der Waals surface area contributed by atoms with E-state index < -0.39 is 0 Å². The molecule has 1 rings (SSSR count). The third-order valence-electron chi connectivity index (χ3n) is 2.77.